The maximum Gasteiger partial charge on any atom is 0.416 e. The van der Waals surface area contributed by atoms with Crippen molar-refractivity contribution in [3.63, 3.8) is 0 Å². The zero-order valence-electron chi connectivity index (χ0n) is 7.81. The monoisotopic (exact) mass is 200 g/mol. The largest absolute Gasteiger partial charge is 0.416 e. The lowest BCUT2D eigenvalue weighted by molar-refractivity contribution is -0.137. The molecule has 0 amide bonds. The van der Waals surface area contributed by atoms with Crippen molar-refractivity contribution in [2.24, 2.45) is 0 Å². The predicted octanol–water partition coefficient (Wildman–Crippen LogP) is 3.82. The van der Waals surface area contributed by atoms with E-state index in [1.165, 1.54) is 12.1 Å². The Balaban J connectivity index is 2.79. The summed E-state index contributed by atoms with van der Waals surface area (Å²) in [7, 11) is 0. The maximum absolute atomic E-state index is 12.2. The van der Waals surface area contributed by atoms with Gasteiger partial charge in [-0.2, -0.15) is 13.2 Å². The molecule has 0 N–H and O–H groups in total. The fourth-order valence-corrected chi connectivity index (χ4v) is 1.08. The van der Waals surface area contributed by atoms with Gasteiger partial charge in [-0.15, -0.1) is 0 Å². The SMILES string of the molecule is C/C=C/Cc1ccc(C(F)(F)F)cc1. The van der Waals surface area contributed by atoms with Crippen molar-refractivity contribution >= 4 is 0 Å². The molecule has 0 heterocycles. The highest BCUT2D eigenvalue weighted by molar-refractivity contribution is 5.25. The second-order valence-corrected chi connectivity index (χ2v) is 2.97. The van der Waals surface area contributed by atoms with E-state index in [1.807, 2.05) is 19.1 Å². The van der Waals surface area contributed by atoms with E-state index in [9.17, 15) is 13.2 Å². The molecule has 1 aromatic rings. The van der Waals surface area contributed by atoms with Crippen molar-refractivity contribution in [2.75, 3.05) is 0 Å². The topological polar surface area (TPSA) is 0 Å². The molecule has 1 rings (SSSR count). The second-order valence-electron chi connectivity index (χ2n) is 2.97. The molecule has 0 atom stereocenters. The van der Waals surface area contributed by atoms with Gasteiger partial charge >= 0.3 is 6.18 Å². The van der Waals surface area contributed by atoms with E-state index in [1.54, 1.807) is 0 Å². The van der Waals surface area contributed by atoms with Gasteiger partial charge in [0.25, 0.3) is 0 Å². The first-order valence-corrected chi connectivity index (χ1v) is 4.31. The number of benzene rings is 1. The van der Waals surface area contributed by atoms with Gasteiger partial charge in [0.05, 0.1) is 5.56 Å². The number of halogens is 3. The van der Waals surface area contributed by atoms with Crippen LogP contribution in [0, 0.1) is 0 Å². The Morgan fingerprint density at radius 3 is 2.14 bits per heavy atom. The maximum atomic E-state index is 12.2. The van der Waals surface area contributed by atoms with Crippen molar-refractivity contribution in [1.29, 1.82) is 0 Å². The van der Waals surface area contributed by atoms with E-state index in [-0.39, 0.29) is 0 Å². The third-order valence-electron chi connectivity index (χ3n) is 1.87. The molecule has 0 aliphatic carbocycles. The van der Waals surface area contributed by atoms with E-state index in [0.717, 1.165) is 17.7 Å². The molecule has 0 saturated heterocycles. The van der Waals surface area contributed by atoms with Crippen LogP contribution < -0.4 is 0 Å². The minimum Gasteiger partial charge on any atom is -0.166 e. The summed E-state index contributed by atoms with van der Waals surface area (Å²) in [5.74, 6) is 0. The first kappa shape index (κ1) is 10.8. The molecular weight excluding hydrogens is 189 g/mol. The third-order valence-corrected chi connectivity index (χ3v) is 1.87. The Morgan fingerprint density at radius 2 is 1.71 bits per heavy atom. The molecule has 76 valence electrons. The average Bonchev–Trinajstić information content (AvgIpc) is 2.14. The fourth-order valence-electron chi connectivity index (χ4n) is 1.08. The van der Waals surface area contributed by atoms with Gasteiger partial charge in [0, 0.05) is 0 Å². The Morgan fingerprint density at radius 1 is 1.14 bits per heavy atom. The van der Waals surface area contributed by atoms with Crippen LogP contribution in [0.25, 0.3) is 0 Å². The van der Waals surface area contributed by atoms with E-state index in [4.69, 9.17) is 0 Å². The average molecular weight is 200 g/mol. The minimum atomic E-state index is -4.24. The molecule has 0 fully saturated rings. The molecule has 14 heavy (non-hydrogen) atoms. The molecule has 1 aromatic carbocycles. The number of allylic oxidation sites excluding steroid dienone is 2. The van der Waals surface area contributed by atoms with Gasteiger partial charge in [-0.25, -0.2) is 0 Å². The van der Waals surface area contributed by atoms with Crippen LogP contribution >= 0.6 is 0 Å². The molecular formula is C11H11F3. The molecule has 0 bridgehead atoms. The van der Waals surface area contributed by atoms with Gasteiger partial charge < -0.3 is 0 Å². The highest BCUT2D eigenvalue weighted by atomic mass is 19.4. The lowest BCUT2D eigenvalue weighted by Gasteiger charge is -2.06. The summed E-state index contributed by atoms with van der Waals surface area (Å²) in [6, 6.07) is 5.23. The van der Waals surface area contributed by atoms with Crippen LogP contribution in [-0.4, -0.2) is 0 Å². The van der Waals surface area contributed by atoms with Crippen molar-refractivity contribution in [1.82, 2.24) is 0 Å². The van der Waals surface area contributed by atoms with Crippen LogP contribution in [0.3, 0.4) is 0 Å². The molecule has 0 aromatic heterocycles. The summed E-state index contributed by atoms with van der Waals surface area (Å²) in [5.41, 5.74) is 0.290. The molecule has 0 unspecified atom stereocenters. The smallest absolute Gasteiger partial charge is 0.166 e. The molecule has 0 nitrogen and oxygen atoms in total. The van der Waals surface area contributed by atoms with E-state index >= 15 is 0 Å². The van der Waals surface area contributed by atoms with Gasteiger partial charge in [0.2, 0.25) is 0 Å². The second kappa shape index (κ2) is 4.31. The summed E-state index contributed by atoms with van der Waals surface area (Å²) < 4.78 is 36.5. The van der Waals surface area contributed by atoms with Crippen molar-refractivity contribution < 1.29 is 13.2 Å². The highest BCUT2D eigenvalue weighted by Gasteiger charge is 2.29. The number of hydrogen-bond donors (Lipinski definition) is 0. The van der Waals surface area contributed by atoms with Gasteiger partial charge in [0.15, 0.2) is 0 Å². The van der Waals surface area contributed by atoms with Crippen molar-refractivity contribution in [3.8, 4) is 0 Å². The molecule has 0 radical (unpaired) electrons. The molecule has 0 saturated carbocycles. The van der Waals surface area contributed by atoms with Crippen LogP contribution in [0.4, 0.5) is 13.2 Å². The van der Waals surface area contributed by atoms with Crippen LogP contribution in [-0.2, 0) is 12.6 Å². The number of alkyl halides is 3. The Hall–Kier alpha value is -1.25. The van der Waals surface area contributed by atoms with Gasteiger partial charge in [-0.3, -0.25) is 0 Å². The summed E-state index contributed by atoms with van der Waals surface area (Å²) in [5, 5.41) is 0. The summed E-state index contributed by atoms with van der Waals surface area (Å²) in [6.45, 7) is 1.88. The van der Waals surface area contributed by atoms with Crippen LogP contribution in [0.2, 0.25) is 0 Å². The molecule has 0 aliphatic heterocycles. The van der Waals surface area contributed by atoms with Crippen LogP contribution in [0.15, 0.2) is 36.4 Å². The number of rotatable bonds is 2. The fraction of sp³-hybridized carbons (Fsp3) is 0.273. The molecule has 3 heteroatoms. The Kier molecular flexibility index (Phi) is 3.33. The molecule has 0 aliphatic rings. The Bertz CT molecular complexity index is 306. The third kappa shape index (κ3) is 2.91. The number of hydrogen-bond acceptors (Lipinski definition) is 0. The van der Waals surface area contributed by atoms with Crippen LogP contribution in [0.1, 0.15) is 18.1 Å². The summed E-state index contributed by atoms with van der Waals surface area (Å²) in [4.78, 5) is 0. The normalized spacial score (nSPS) is 12.3. The van der Waals surface area contributed by atoms with Gasteiger partial charge in [-0.05, 0) is 31.0 Å². The standard InChI is InChI=1S/C11H11F3/c1-2-3-4-9-5-7-10(8-6-9)11(12,13)14/h2-3,5-8H,4H2,1H3/b3-2+. The van der Waals surface area contributed by atoms with E-state index in [2.05, 4.69) is 0 Å². The lowest BCUT2D eigenvalue weighted by atomic mass is 10.1. The molecule has 0 spiro atoms. The minimum absolute atomic E-state index is 0.596. The zero-order chi connectivity index (χ0) is 10.6. The first-order chi connectivity index (χ1) is 6.54. The van der Waals surface area contributed by atoms with Crippen molar-refractivity contribution in [2.45, 2.75) is 19.5 Å². The van der Waals surface area contributed by atoms with E-state index in [0.29, 0.717) is 6.42 Å². The van der Waals surface area contributed by atoms with Crippen LogP contribution in [0.5, 0.6) is 0 Å². The lowest BCUT2D eigenvalue weighted by Crippen LogP contribution is -2.04. The highest BCUT2D eigenvalue weighted by Crippen LogP contribution is 2.29. The summed E-state index contributed by atoms with van der Waals surface area (Å²) in [6.07, 6.45) is 0.216. The predicted molar refractivity (Wildman–Crippen MR) is 50.0 cm³/mol. The quantitative estimate of drug-likeness (QED) is 0.636. The summed E-state index contributed by atoms with van der Waals surface area (Å²) >= 11 is 0. The Labute approximate surface area is 81.1 Å². The van der Waals surface area contributed by atoms with Crippen molar-refractivity contribution in [3.05, 3.63) is 47.5 Å². The van der Waals surface area contributed by atoms with Gasteiger partial charge in [-0.1, -0.05) is 24.3 Å². The van der Waals surface area contributed by atoms with Gasteiger partial charge in [0.1, 0.15) is 0 Å². The zero-order valence-corrected chi connectivity index (χ0v) is 7.81. The first-order valence-electron chi connectivity index (χ1n) is 4.31. The van der Waals surface area contributed by atoms with E-state index < -0.39 is 11.7 Å².